The van der Waals surface area contributed by atoms with Crippen LogP contribution in [0.4, 0.5) is 0 Å². The lowest BCUT2D eigenvalue weighted by atomic mass is 10.0. The molecular formula is C18H17N. The van der Waals surface area contributed by atoms with Gasteiger partial charge in [-0.1, -0.05) is 67.3 Å². The average molecular weight is 247 g/mol. The maximum Gasteiger partial charge on any atom is 0.0756 e. The molecule has 19 heavy (non-hydrogen) atoms. The van der Waals surface area contributed by atoms with Gasteiger partial charge < -0.3 is 0 Å². The first kappa shape index (κ1) is 11.9. The molecule has 1 heterocycles. The molecule has 1 nitrogen and oxygen atoms in total. The Morgan fingerprint density at radius 3 is 2.42 bits per heavy atom. The molecule has 0 aliphatic carbocycles. The predicted octanol–water partition coefficient (Wildman–Crippen LogP) is 4.65. The van der Waals surface area contributed by atoms with Gasteiger partial charge in [0.05, 0.1) is 6.04 Å². The van der Waals surface area contributed by atoms with E-state index in [0.29, 0.717) is 6.04 Å². The highest BCUT2D eigenvalue weighted by Gasteiger charge is 2.19. The molecule has 0 N–H and O–H groups in total. The van der Waals surface area contributed by atoms with Crippen LogP contribution in [0.3, 0.4) is 0 Å². The molecule has 2 aromatic rings. The van der Waals surface area contributed by atoms with E-state index in [2.05, 4.69) is 55.1 Å². The summed E-state index contributed by atoms with van der Waals surface area (Å²) in [5, 5.41) is 0. The van der Waals surface area contributed by atoms with Gasteiger partial charge in [-0.25, -0.2) is 0 Å². The normalized spacial score (nSPS) is 18.1. The van der Waals surface area contributed by atoms with E-state index in [1.54, 1.807) is 0 Å². The molecule has 0 radical (unpaired) electrons. The van der Waals surface area contributed by atoms with Gasteiger partial charge in [0.15, 0.2) is 0 Å². The molecule has 0 saturated heterocycles. The molecule has 0 amide bonds. The summed E-state index contributed by atoms with van der Waals surface area (Å²) in [5.74, 6) is 0. The summed E-state index contributed by atoms with van der Waals surface area (Å²) in [6.45, 7) is 3.78. The number of hydrogen-bond acceptors (Lipinski definition) is 1. The molecule has 3 rings (SSSR count). The standard InChI is InChI=1S/C18H17N/c1-2-14-8-10-16(11-9-14)18-13-12-17(19-18)15-6-4-3-5-7-15/h2-11,18H,1,12-13H2. The fourth-order valence-electron chi connectivity index (χ4n) is 2.54. The number of rotatable bonds is 3. The van der Waals surface area contributed by atoms with Crippen molar-refractivity contribution in [2.24, 2.45) is 4.99 Å². The third kappa shape index (κ3) is 2.50. The number of aliphatic imine (C=N–C) groups is 1. The highest BCUT2D eigenvalue weighted by atomic mass is 14.8. The van der Waals surface area contributed by atoms with Gasteiger partial charge in [0.25, 0.3) is 0 Å². The number of benzene rings is 2. The van der Waals surface area contributed by atoms with Crippen LogP contribution in [0.5, 0.6) is 0 Å². The molecule has 0 aromatic heterocycles. The van der Waals surface area contributed by atoms with Gasteiger partial charge in [0.1, 0.15) is 0 Å². The molecule has 2 aromatic carbocycles. The zero-order valence-electron chi connectivity index (χ0n) is 10.9. The molecule has 1 heteroatoms. The quantitative estimate of drug-likeness (QED) is 0.748. The Hall–Kier alpha value is -2.15. The van der Waals surface area contributed by atoms with E-state index in [4.69, 9.17) is 4.99 Å². The van der Waals surface area contributed by atoms with Crippen molar-refractivity contribution in [3.05, 3.63) is 77.9 Å². The second-order valence-electron chi connectivity index (χ2n) is 4.87. The molecule has 0 spiro atoms. The van der Waals surface area contributed by atoms with E-state index in [0.717, 1.165) is 18.4 Å². The van der Waals surface area contributed by atoms with Crippen molar-refractivity contribution in [3.63, 3.8) is 0 Å². The topological polar surface area (TPSA) is 12.4 Å². The van der Waals surface area contributed by atoms with Crippen molar-refractivity contribution in [2.45, 2.75) is 18.9 Å². The minimum atomic E-state index is 0.314. The maximum absolute atomic E-state index is 4.87. The molecule has 94 valence electrons. The zero-order chi connectivity index (χ0) is 13.1. The highest BCUT2D eigenvalue weighted by Crippen LogP contribution is 2.31. The van der Waals surface area contributed by atoms with Crippen LogP contribution in [0.25, 0.3) is 6.08 Å². The van der Waals surface area contributed by atoms with Crippen molar-refractivity contribution in [1.82, 2.24) is 0 Å². The first-order valence-corrected chi connectivity index (χ1v) is 6.71. The molecule has 0 saturated carbocycles. The second-order valence-corrected chi connectivity index (χ2v) is 4.87. The van der Waals surface area contributed by atoms with E-state index in [1.165, 1.54) is 16.8 Å². The van der Waals surface area contributed by atoms with Crippen molar-refractivity contribution in [3.8, 4) is 0 Å². The second kappa shape index (κ2) is 5.23. The lowest BCUT2D eigenvalue weighted by molar-refractivity contribution is 0.723. The monoisotopic (exact) mass is 247 g/mol. The molecule has 1 aliphatic heterocycles. The Kier molecular flexibility index (Phi) is 3.28. The van der Waals surface area contributed by atoms with Crippen LogP contribution in [-0.4, -0.2) is 5.71 Å². The summed E-state index contributed by atoms with van der Waals surface area (Å²) in [7, 11) is 0. The third-order valence-electron chi connectivity index (χ3n) is 3.63. The summed E-state index contributed by atoms with van der Waals surface area (Å²) in [4.78, 5) is 4.87. The van der Waals surface area contributed by atoms with E-state index < -0.39 is 0 Å². The minimum absolute atomic E-state index is 0.314. The SMILES string of the molecule is C=Cc1ccc(C2CCC(c3ccccc3)=N2)cc1. The Bertz CT molecular complexity index is 593. The van der Waals surface area contributed by atoms with Gasteiger partial charge in [-0.2, -0.15) is 0 Å². The van der Waals surface area contributed by atoms with Gasteiger partial charge in [-0.05, 0) is 29.5 Å². The van der Waals surface area contributed by atoms with Crippen LogP contribution in [0, 0.1) is 0 Å². The fourth-order valence-corrected chi connectivity index (χ4v) is 2.54. The van der Waals surface area contributed by atoms with Crippen LogP contribution in [0.1, 0.15) is 35.6 Å². The van der Waals surface area contributed by atoms with Crippen LogP contribution >= 0.6 is 0 Å². The first-order valence-electron chi connectivity index (χ1n) is 6.71. The maximum atomic E-state index is 4.87. The van der Waals surface area contributed by atoms with Gasteiger partial charge in [-0.15, -0.1) is 0 Å². The largest absolute Gasteiger partial charge is 0.281 e. The van der Waals surface area contributed by atoms with Crippen molar-refractivity contribution in [2.75, 3.05) is 0 Å². The first-order chi connectivity index (χ1) is 9.36. The highest BCUT2D eigenvalue weighted by molar-refractivity contribution is 6.01. The van der Waals surface area contributed by atoms with Gasteiger partial charge in [0, 0.05) is 5.71 Å². The summed E-state index contributed by atoms with van der Waals surface area (Å²) in [5.41, 5.74) is 4.96. The Labute approximate surface area is 114 Å². The summed E-state index contributed by atoms with van der Waals surface area (Å²) in [6.07, 6.45) is 4.05. The Balaban J connectivity index is 1.84. The van der Waals surface area contributed by atoms with Gasteiger partial charge >= 0.3 is 0 Å². The minimum Gasteiger partial charge on any atom is -0.281 e. The predicted molar refractivity (Wildman–Crippen MR) is 81.5 cm³/mol. The van der Waals surface area contributed by atoms with Crippen LogP contribution in [-0.2, 0) is 0 Å². The van der Waals surface area contributed by atoms with E-state index in [9.17, 15) is 0 Å². The van der Waals surface area contributed by atoms with E-state index >= 15 is 0 Å². The number of nitrogens with zero attached hydrogens (tertiary/aromatic N) is 1. The van der Waals surface area contributed by atoms with Gasteiger partial charge in [0.2, 0.25) is 0 Å². The Morgan fingerprint density at radius 1 is 1.00 bits per heavy atom. The zero-order valence-corrected chi connectivity index (χ0v) is 10.9. The lowest BCUT2D eigenvalue weighted by Crippen LogP contribution is -1.94. The van der Waals surface area contributed by atoms with E-state index in [1.807, 2.05) is 12.1 Å². The van der Waals surface area contributed by atoms with Gasteiger partial charge in [-0.3, -0.25) is 4.99 Å². The smallest absolute Gasteiger partial charge is 0.0756 e. The van der Waals surface area contributed by atoms with Crippen LogP contribution in [0.15, 0.2) is 66.2 Å². The fraction of sp³-hybridized carbons (Fsp3) is 0.167. The number of hydrogen-bond donors (Lipinski definition) is 0. The van der Waals surface area contributed by atoms with Crippen molar-refractivity contribution < 1.29 is 0 Å². The summed E-state index contributed by atoms with van der Waals surface area (Å²) in [6, 6.07) is 19.3. The van der Waals surface area contributed by atoms with Crippen LogP contribution < -0.4 is 0 Å². The van der Waals surface area contributed by atoms with Crippen molar-refractivity contribution >= 4 is 11.8 Å². The van der Waals surface area contributed by atoms with Crippen LogP contribution in [0.2, 0.25) is 0 Å². The molecule has 1 unspecified atom stereocenters. The summed E-state index contributed by atoms with van der Waals surface area (Å²) < 4.78 is 0. The summed E-state index contributed by atoms with van der Waals surface area (Å²) >= 11 is 0. The molecule has 1 aliphatic rings. The molecular weight excluding hydrogens is 230 g/mol. The lowest BCUT2D eigenvalue weighted by Gasteiger charge is -2.06. The van der Waals surface area contributed by atoms with Crippen molar-refractivity contribution in [1.29, 1.82) is 0 Å². The Morgan fingerprint density at radius 2 is 1.74 bits per heavy atom. The van der Waals surface area contributed by atoms with E-state index in [-0.39, 0.29) is 0 Å². The third-order valence-corrected chi connectivity index (χ3v) is 3.63. The molecule has 0 fully saturated rings. The molecule has 0 bridgehead atoms. The average Bonchev–Trinajstić information content (AvgIpc) is 2.98. The molecule has 1 atom stereocenters.